The van der Waals surface area contributed by atoms with Crippen LogP contribution in [0.25, 0.3) is 0 Å². The molecule has 2 bridgehead atoms. The fraction of sp³-hybridized carbons (Fsp3) is 0.667. The van der Waals surface area contributed by atoms with Crippen LogP contribution in [0, 0.1) is 0 Å². The van der Waals surface area contributed by atoms with Crippen molar-refractivity contribution in [1.82, 2.24) is 0 Å². The van der Waals surface area contributed by atoms with E-state index in [0.717, 1.165) is 31.3 Å². The van der Waals surface area contributed by atoms with Crippen molar-refractivity contribution in [2.24, 2.45) is 0 Å². The summed E-state index contributed by atoms with van der Waals surface area (Å²) in [4.78, 5) is 22.6. The second-order valence-electron chi connectivity index (χ2n) is 6.03. The van der Waals surface area contributed by atoms with E-state index < -0.39 is 17.2 Å². The molecule has 0 saturated carbocycles. The number of hydrogen-bond acceptors (Lipinski definition) is 5. The number of carboxylic acids is 1. The van der Waals surface area contributed by atoms with Gasteiger partial charge in [0.15, 0.2) is 11.2 Å². The third kappa shape index (κ3) is 1.82. The lowest BCUT2D eigenvalue weighted by Gasteiger charge is -2.48. The predicted molar refractivity (Wildman–Crippen MR) is 71.3 cm³/mol. The van der Waals surface area contributed by atoms with Gasteiger partial charge in [-0.1, -0.05) is 26.2 Å². The summed E-state index contributed by atoms with van der Waals surface area (Å²) in [6.07, 6.45) is 4.89. The number of carboxylic acid groups (broad SMARTS) is 1. The van der Waals surface area contributed by atoms with E-state index in [2.05, 4.69) is 6.92 Å². The maximum absolute atomic E-state index is 11.8. The SMILES string of the molecule is CCCCCCC1=C(C(=O)O)C2(C)OOC1(C)c1ooc12. The molecule has 0 fully saturated rings. The summed E-state index contributed by atoms with van der Waals surface area (Å²) in [7, 11) is 0. The Morgan fingerprint density at radius 2 is 1.67 bits per heavy atom. The summed E-state index contributed by atoms with van der Waals surface area (Å²) in [5.41, 5.74) is -1.28. The molecule has 2 unspecified atom stereocenters. The van der Waals surface area contributed by atoms with Crippen LogP contribution in [0.3, 0.4) is 0 Å². The standard InChI is InChI=1S/C15H20O6/c1-4-5-6-7-8-9-10(13(16)17)15(3)12-11(18-19-12)14(9,2)20-21-15/h4-8H2,1-3H3,(H,16,17). The molecule has 21 heavy (non-hydrogen) atoms. The first-order chi connectivity index (χ1) is 9.95. The molecule has 0 aromatic carbocycles. The van der Waals surface area contributed by atoms with E-state index in [1.165, 1.54) is 0 Å². The summed E-state index contributed by atoms with van der Waals surface area (Å²) < 4.78 is 10.1. The number of aliphatic carboxylic acids is 1. The normalized spacial score (nSPS) is 30.8. The highest BCUT2D eigenvalue weighted by molar-refractivity contribution is 5.91. The van der Waals surface area contributed by atoms with Crippen LogP contribution in [0.4, 0.5) is 0 Å². The minimum Gasteiger partial charge on any atom is -0.478 e. The Morgan fingerprint density at radius 1 is 1.05 bits per heavy atom. The summed E-state index contributed by atoms with van der Waals surface area (Å²) in [6.45, 7) is 5.54. The lowest BCUT2D eigenvalue weighted by molar-refractivity contribution is -0.445. The molecule has 1 aliphatic carbocycles. The molecule has 6 nitrogen and oxygen atoms in total. The fourth-order valence-corrected chi connectivity index (χ4v) is 3.25. The molecule has 0 spiro atoms. The van der Waals surface area contributed by atoms with Crippen molar-refractivity contribution in [3.63, 3.8) is 0 Å². The third-order valence-corrected chi connectivity index (χ3v) is 4.51. The number of hydrogen-bond donors (Lipinski definition) is 1. The number of fused-ring (bicyclic) bond motifs is 1. The zero-order valence-electron chi connectivity index (χ0n) is 12.5. The van der Waals surface area contributed by atoms with Gasteiger partial charge in [-0.25, -0.2) is 14.6 Å². The van der Waals surface area contributed by atoms with Gasteiger partial charge in [-0.2, -0.15) is 0 Å². The molecule has 1 aromatic heterocycles. The van der Waals surface area contributed by atoms with Crippen molar-refractivity contribution >= 4 is 5.97 Å². The molecule has 116 valence electrons. The molecule has 1 N–H and O–H groups in total. The molecule has 2 atom stereocenters. The molecule has 2 aliphatic heterocycles. The smallest absolute Gasteiger partial charge is 0.335 e. The Balaban J connectivity index is 1.99. The van der Waals surface area contributed by atoms with Crippen LogP contribution < -0.4 is 0 Å². The van der Waals surface area contributed by atoms with Crippen molar-refractivity contribution < 1.29 is 28.8 Å². The van der Waals surface area contributed by atoms with E-state index in [-0.39, 0.29) is 5.57 Å². The second-order valence-corrected chi connectivity index (χ2v) is 6.03. The monoisotopic (exact) mass is 296 g/mol. The van der Waals surface area contributed by atoms with Crippen LogP contribution in [-0.2, 0) is 25.8 Å². The van der Waals surface area contributed by atoms with Crippen LogP contribution in [0.15, 0.2) is 20.3 Å². The molecule has 0 amide bonds. The number of rotatable bonds is 6. The molecule has 3 aliphatic rings. The summed E-state index contributed by atoms with van der Waals surface area (Å²) >= 11 is 0. The van der Waals surface area contributed by atoms with Crippen LogP contribution in [0.2, 0.25) is 0 Å². The quantitative estimate of drug-likeness (QED) is 0.637. The van der Waals surface area contributed by atoms with Crippen molar-refractivity contribution in [1.29, 1.82) is 0 Å². The van der Waals surface area contributed by atoms with Gasteiger partial charge in [0.1, 0.15) is 0 Å². The molecule has 0 saturated heterocycles. The van der Waals surface area contributed by atoms with Gasteiger partial charge in [0.05, 0.1) is 5.57 Å². The average molecular weight is 296 g/mol. The molecule has 6 heteroatoms. The highest BCUT2D eigenvalue weighted by atomic mass is 17.2. The molecule has 3 heterocycles. The maximum Gasteiger partial charge on any atom is 0.335 e. The highest BCUT2D eigenvalue weighted by Gasteiger charge is 2.64. The number of carbonyl (C=O) groups is 1. The van der Waals surface area contributed by atoms with Gasteiger partial charge in [0.2, 0.25) is 11.5 Å². The topological polar surface area (TPSA) is 82.0 Å². The van der Waals surface area contributed by atoms with E-state index in [9.17, 15) is 9.90 Å². The van der Waals surface area contributed by atoms with E-state index in [1.54, 1.807) is 13.8 Å². The van der Waals surface area contributed by atoms with Gasteiger partial charge >= 0.3 is 5.97 Å². The lowest BCUT2D eigenvalue weighted by atomic mass is 9.71. The largest absolute Gasteiger partial charge is 0.478 e. The Morgan fingerprint density at radius 3 is 2.24 bits per heavy atom. The minimum absolute atomic E-state index is 0.217. The van der Waals surface area contributed by atoms with Gasteiger partial charge in [0.25, 0.3) is 0 Å². The first kappa shape index (κ1) is 14.4. The van der Waals surface area contributed by atoms with Crippen molar-refractivity contribution in [2.75, 3.05) is 0 Å². The molecular weight excluding hydrogens is 276 g/mol. The summed E-state index contributed by atoms with van der Waals surface area (Å²) in [5, 5.41) is 9.63. The zero-order valence-corrected chi connectivity index (χ0v) is 12.5. The van der Waals surface area contributed by atoms with Gasteiger partial charge in [0, 0.05) is 0 Å². The van der Waals surface area contributed by atoms with Gasteiger partial charge < -0.3 is 5.11 Å². The zero-order chi connectivity index (χ0) is 15.3. The molecule has 0 radical (unpaired) electrons. The molecule has 1 aromatic rings. The molecular formula is C15H20O6. The van der Waals surface area contributed by atoms with Crippen molar-refractivity contribution in [3.05, 3.63) is 22.7 Å². The summed E-state index contributed by atoms with van der Waals surface area (Å²) in [5.74, 6) is -0.0581. The Labute approximate surface area is 122 Å². The minimum atomic E-state index is -1.22. The van der Waals surface area contributed by atoms with Gasteiger partial charge in [-0.05, 0) is 32.3 Å². The average Bonchev–Trinajstić information content (AvgIpc) is 2.35. The number of unbranched alkanes of at least 4 members (excludes halogenated alkanes) is 3. The second kappa shape index (κ2) is 4.74. The van der Waals surface area contributed by atoms with Crippen LogP contribution in [-0.4, -0.2) is 11.1 Å². The van der Waals surface area contributed by atoms with Gasteiger partial charge in [-0.15, -0.1) is 0 Å². The first-order valence-electron chi connectivity index (χ1n) is 7.39. The van der Waals surface area contributed by atoms with E-state index in [1.807, 2.05) is 0 Å². The Hall–Kier alpha value is -1.53. The van der Waals surface area contributed by atoms with Crippen LogP contribution >= 0.6 is 0 Å². The predicted octanol–water partition coefficient (Wildman–Crippen LogP) is 3.63. The molecule has 4 rings (SSSR count). The maximum atomic E-state index is 11.8. The third-order valence-electron chi connectivity index (χ3n) is 4.51. The van der Waals surface area contributed by atoms with Crippen molar-refractivity contribution in [2.45, 2.75) is 64.1 Å². The van der Waals surface area contributed by atoms with Crippen molar-refractivity contribution in [3.8, 4) is 0 Å². The fourth-order valence-electron chi connectivity index (χ4n) is 3.25. The Bertz CT molecular complexity index is 594. The lowest BCUT2D eigenvalue weighted by Crippen LogP contribution is -2.53. The van der Waals surface area contributed by atoms with E-state index >= 15 is 0 Å². The highest BCUT2D eigenvalue weighted by Crippen LogP contribution is 2.58. The van der Waals surface area contributed by atoms with E-state index in [4.69, 9.17) is 18.9 Å². The first-order valence-corrected chi connectivity index (χ1v) is 7.39. The Kier molecular flexibility index (Phi) is 3.26. The van der Waals surface area contributed by atoms with Crippen LogP contribution in [0.5, 0.6) is 0 Å². The van der Waals surface area contributed by atoms with Crippen LogP contribution in [0.1, 0.15) is 64.4 Å². The van der Waals surface area contributed by atoms with Gasteiger partial charge in [-0.3, -0.25) is 9.15 Å². The van der Waals surface area contributed by atoms with E-state index in [0.29, 0.717) is 17.9 Å². The summed E-state index contributed by atoms with van der Waals surface area (Å²) in [6, 6.07) is 0.